The summed E-state index contributed by atoms with van der Waals surface area (Å²) in [7, 11) is 0. The highest BCUT2D eigenvalue weighted by Crippen LogP contribution is 2.25. The quantitative estimate of drug-likeness (QED) is 0.875. The van der Waals surface area contributed by atoms with Crippen molar-refractivity contribution in [2.24, 2.45) is 0 Å². The summed E-state index contributed by atoms with van der Waals surface area (Å²) in [6.07, 6.45) is 1.06. The van der Waals surface area contributed by atoms with Gasteiger partial charge in [-0.05, 0) is 6.07 Å². The van der Waals surface area contributed by atoms with Gasteiger partial charge in [-0.1, -0.05) is 6.92 Å². The van der Waals surface area contributed by atoms with Crippen molar-refractivity contribution < 1.29 is 14.3 Å². The first-order valence-corrected chi connectivity index (χ1v) is 6.38. The van der Waals surface area contributed by atoms with E-state index >= 15 is 0 Å². The molecule has 1 aromatic heterocycles. The summed E-state index contributed by atoms with van der Waals surface area (Å²) in [4.78, 5) is 16.9. The molecule has 1 atom stereocenters. The van der Waals surface area contributed by atoms with Crippen LogP contribution in [-0.2, 0) is 0 Å². The Labute approximate surface area is 103 Å². The number of pyridine rings is 1. The Kier molecular flexibility index (Phi) is 3.51. The van der Waals surface area contributed by atoms with Crippen molar-refractivity contribution in [1.82, 2.24) is 4.98 Å². The first-order chi connectivity index (χ1) is 8.08. The van der Waals surface area contributed by atoms with Crippen LogP contribution in [0.3, 0.4) is 0 Å². The molecule has 1 N–H and O–H groups in total. The number of thioether (sulfide) groups is 1. The predicted octanol–water partition coefficient (Wildman–Crippen LogP) is 1.86. The lowest BCUT2D eigenvalue weighted by Crippen LogP contribution is -2.38. The van der Waals surface area contributed by atoms with Gasteiger partial charge in [-0.25, -0.2) is 14.2 Å². The molecule has 1 aromatic rings. The molecule has 92 valence electrons. The van der Waals surface area contributed by atoms with Gasteiger partial charge in [-0.15, -0.1) is 0 Å². The minimum atomic E-state index is -1.14. The molecule has 1 fully saturated rings. The average molecular weight is 256 g/mol. The maximum Gasteiger partial charge on any atom is 0.339 e. The zero-order valence-corrected chi connectivity index (χ0v) is 10.2. The molecular weight excluding hydrogens is 243 g/mol. The van der Waals surface area contributed by atoms with E-state index in [0.717, 1.165) is 31.1 Å². The molecule has 0 aromatic carbocycles. The zero-order valence-electron chi connectivity index (χ0n) is 9.39. The van der Waals surface area contributed by atoms with Gasteiger partial charge in [0, 0.05) is 24.1 Å². The Morgan fingerprint density at radius 3 is 3.12 bits per heavy atom. The number of hydrogen-bond acceptors (Lipinski definition) is 4. The maximum atomic E-state index is 13.0. The van der Waals surface area contributed by atoms with E-state index in [4.69, 9.17) is 5.11 Å². The second kappa shape index (κ2) is 4.91. The van der Waals surface area contributed by atoms with Gasteiger partial charge in [-0.2, -0.15) is 11.8 Å². The van der Waals surface area contributed by atoms with E-state index in [9.17, 15) is 9.18 Å². The molecule has 0 amide bonds. The van der Waals surface area contributed by atoms with E-state index in [1.807, 2.05) is 16.7 Å². The van der Waals surface area contributed by atoms with Crippen LogP contribution >= 0.6 is 11.8 Å². The number of rotatable bonds is 2. The summed E-state index contributed by atoms with van der Waals surface area (Å²) in [5, 5.41) is 9.48. The van der Waals surface area contributed by atoms with Crippen LogP contribution < -0.4 is 4.90 Å². The molecular formula is C11H13FN2O2S. The summed E-state index contributed by atoms with van der Waals surface area (Å²) < 4.78 is 13.0. The fraction of sp³-hybridized carbons (Fsp3) is 0.455. The van der Waals surface area contributed by atoms with Crippen molar-refractivity contribution in [2.45, 2.75) is 12.2 Å². The average Bonchev–Trinajstić information content (AvgIpc) is 2.28. The Morgan fingerprint density at radius 1 is 1.71 bits per heavy atom. The minimum Gasteiger partial charge on any atom is -0.478 e. The molecule has 0 saturated carbocycles. The predicted molar refractivity (Wildman–Crippen MR) is 65.3 cm³/mol. The fourth-order valence-corrected chi connectivity index (χ4v) is 2.87. The monoisotopic (exact) mass is 256 g/mol. The number of carboxylic acid groups (broad SMARTS) is 1. The smallest absolute Gasteiger partial charge is 0.339 e. The van der Waals surface area contributed by atoms with Crippen molar-refractivity contribution in [3.8, 4) is 0 Å². The molecule has 0 aliphatic carbocycles. The third kappa shape index (κ3) is 2.69. The van der Waals surface area contributed by atoms with Gasteiger partial charge in [0.05, 0.1) is 6.20 Å². The highest BCUT2D eigenvalue weighted by molar-refractivity contribution is 8.00. The summed E-state index contributed by atoms with van der Waals surface area (Å²) in [6.45, 7) is 3.57. The van der Waals surface area contributed by atoms with Gasteiger partial charge >= 0.3 is 5.97 Å². The Bertz CT molecular complexity index is 441. The molecule has 0 spiro atoms. The van der Waals surface area contributed by atoms with Crippen LogP contribution in [-0.4, -0.2) is 40.2 Å². The SMILES string of the molecule is CC1CN(c2ncc(F)cc2C(=O)O)CCS1. The standard InChI is InChI=1S/C11H13FN2O2S/c1-7-6-14(2-3-17-7)10-9(11(15)16)4-8(12)5-13-10/h4-5,7H,2-3,6H2,1H3,(H,15,16). The number of aromatic nitrogens is 1. The molecule has 1 unspecified atom stereocenters. The molecule has 0 bridgehead atoms. The molecule has 6 heteroatoms. The largest absolute Gasteiger partial charge is 0.478 e. The summed E-state index contributed by atoms with van der Waals surface area (Å²) >= 11 is 1.84. The van der Waals surface area contributed by atoms with Gasteiger partial charge in [0.25, 0.3) is 0 Å². The lowest BCUT2D eigenvalue weighted by molar-refractivity contribution is 0.0696. The molecule has 0 radical (unpaired) electrons. The van der Waals surface area contributed by atoms with Crippen molar-refractivity contribution in [2.75, 3.05) is 23.7 Å². The Hall–Kier alpha value is -1.30. The fourth-order valence-electron chi connectivity index (χ4n) is 1.85. The van der Waals surface area contributed by atoms with Crippen LogP contribution in [0, 0.1) is 5.82 Å². The normalized spacial score (nSPS) is 20.4. The van der Waals surface area contributed by atoms with E-state index in [1.54, 1.807) is 0 Å². The molecule has 2 heterocycles. The molecule has 1 saturated heterocycles. The van der Waals surface area contributed by atoms with Crippen molar-refractivity contribution >= 4 is 23.5 Å². The van der Waals surface area contributed by atoms with Gasteiger partial charge in [0.1, 0.15) is 17.2 Å². The molecule has 1 aliphatic heterocycles. The first kappa shape index (κ1) is 12.2. The van der Waals surface area contributed by atoms with Gasteiger partial charge in [-0.3, -0.25) is 0 Å². The number of halogens is 1. The van der Waals surface area contributed by atoms with Crippen molar-refractivity contribution in [3.05, 3.63) is 23.6 Å². The molecule has 1 aliphatic rings. The first-order valence-electron chi connectivity index (χ1n) is 5.33. The van der Waals surface area contributed by atoms with E-state index < -0.39 is 11.8 Å². The number of nitrogens with zero attached hydrogens (tertiary/aromatic N) is 2. The molecule has 2 rings (SSSR count). The highest BCUT2D eigenvalue weighted by atomic mass is 32.2. The number of hydrogen-bond donors (Lipinski definition) is 1. The summed E-state index contributed by atoms with van der Waals surface area (Å²) in [5.74, 6) is -0.464. The van der Waals surface area contributed by atoms with Gasteiger partial charge < -0.3 is 10.0 Å². The number of carboxylic acids is 1. The zero-order chi connectivity index (χ0) is 12.4. The van der Waals surface area contributed by atoms with E-state index in [-0.39, 0.29) is 5.56 Å². The third-order valence-electron chi connectivity index (χ3n) is 2.60. The van der Waals surface area contributed by atoms with Crippen molar-refractivity contribution in [3.63, 3.8) is 0 Å². The van der Waals surface area contributed by atoms with Crippen LogP contribution in [0.15, 0.2) is 12.3 Å². The molecule has 4 nitrogen and oxygen atoms in total. The van der Waals surface area contributed by atoms with Crippen LogP contribution in [0.4, 0.5) is 10.2 Å². The Balaban J connectivity index is 2.33. The van der Waals surface area contributed by atoms with Crippen LogP contribution in [0.1, 0.15) is 17.3 Å². The number of aromatic carboxylic acids is 1. The van der Waals surface area contributed by atoms with Gasteiger partial charge in [0.2, 0.25) is 0 Å². The summed E-state index contributed by atoms with van der Waals surface area (Å²) in [5.41, 5.74) is -0.0656. The van der Waals surface area contributed by atoms with Crippen LogP contribution in [0.5, 0.6) is 0 Å². The van der Waals surface area contributed by atoms with Crippen LogP contribution in [0.2, 0.25) is 0 Å². The number of carbonyl (C=O) groups is 1. The van der Waals surface area contributed by atoms with E-state index in [1.165, 1.54) is 0 Å². The lowest BCUT2D eigenvalue weighted by Gasteiger charge is -2.32. The minimum absolute atomic E-state index is 0.0656. The van der Waals surface area contributed by atoms with Gasteiger partial charge in [0.15, 0.2) is 0 Å². The van der Waals surface area contributed by atoms with E-state index in [0.29, 0.717) is 11.1 Å². The number of anilines is 1. The Morgan fingerprint density at radius 2 is 2.47 bits per heavy atom. The highest BCUT2D eigenvalue weighted by Gasteiger charge is 2.23. The second-order valence-corrected chi connectivity index (χ2v) is 5.50. The summed E-state index contributed by atoms with van der Waals surface area (Å²) in [6, 6.07) is 1.02. The maximum absolute atomic E-state index is 13.0. The lowest BCUT2D eigenvalue weighted by atomic mass is 10.2. The van der Waals surface area contributed by atoms with Crippen molar-refractivity contribution in [1.29, 1.82) is 0 Å². The third-order valence-corrected chi connectivity index (χ3v) is 3.74. The molecule has 17 heavy (non-hydrogen) atoms. The van der Waals surface area contributed by atoms with E-state index in [2.05, 4.69) is 11.9 Å². The second-order valence-electron chi connectivity index (χ2n) is 3.96. The van der Waals surface area contributed by atoms with Crippen LogP contribution in [0.25, 0.3) is 0 Å². The topological polar surface area (TPSA) is 53.4 Å².